The molecule has 0 atom stereocenters. The number of aromatic nitrogens is 1. The molecule has 34 heavy (non-hydrogen) atoms. The summed E-state index contributed by atoms with van der Waals surface area (Å²) in [7, 11) is 0. The van der Waals surface area contributed by atoms with Crippen molar-refractivity contribution in [3.8, 4) is 0 Å². The third kappa shape index (κ3) is 6.38. The molecule has 0 radical (unpaired) electrons. The third-order valence-electron chi connectivity index (χ3n) is 6.03. The molecule has 5 nitrogen and oxygen atoms in total. The highest BCUT2D eigenvalue weighted by Gasteiger charge is 2.34. The zero-order chi connectivity index (χ0) is 24.1. The molecule has 1 fully saturated rings. The number of halogens is 1. The number of rotatable bonds is 10. The van der Waals surface area contributed by atoms with Crippen LogP contribution in [-0.4, -0.2) is 45.3 Å². The summed E-state index contributed by atoms with van der Waals surface area (Å²) in [4.78, 5) is 30.5. The first kappa shape index (κ1) is 24.3. The lowest BCUT2D eigenvalue weighted by molar-refractivity contribution is -0.133. The molecule has 1 aromatic heterocycles. The van der Waals surface area contributed by atoms with Crippen LogP contribution in [0.15, 0.2) is 77.4 Å². The smallest absolute Gasteiger partial charge is 0.254 e. The van der Waals surface area contributed by atoms with Crippen molar-refractivity contribution in [2.75, 3.05) is 13.1 Å². The molecule has 0 unspecified atom stereocenters. The first-order chi connectivity index (χ1) is 16.4. The highest BCUT2D eigenvalue weighted by atomic mass is 79.9. The molecular formula is C28H32BrN3O2. The fourth-order valence-electron chi connectivity index (χ4n) is 4.23. The number of benzene rings is 2. The lowest BCUT2D eigenvalue weighted by atomic mass is 10.1. The van der Waals surface area contributed by atoms with Crippen LogP contribution in [0, 0.1) is 5.92 Å². The van der Waals surface area contributed by atoms with Gasteiger partial charge in [0.15, 0.2) is 0 Å². The van der Waals surface area contributed by atoms with Crippen molar-refractivity contribution in [1.82, 2.24) is 14.4 Å². The van der Waals surface area contributed by atoms with Crippen molar-refractivity contribution in [3.05, 3.63) is 94.2 Å². The zero-order valence-corrected chi connectivity index (χ0v) is 21.4. The molecule has 6 heteroatoms. The standard InChI is InChI=1S/C28H32BrN3O2/c1-21(2)17-31(28(34)23-10-6-11-24(29)16-23)20-27(33)32(25-13-14-25)19-26-12-7-15-30(26)18-22-8-4-3-5-9-22/h3-12,15-16,21,25H,13-14,17-20H2,1-2H3. The van der Waals surface area contributed by atoms with Crippen LogP contribution in [0.3, 0.4) is 0 Å². The van der Waals surface area contributed by atoms with Gasteiger partial charge in [0.2, 0.25) is 5.91 Å². The van der Waals surface area contributed by atoms with Crippen molar-refractivity contribution >= 4 is 27.7 Å². The molecule has 0 N–H and O–H groups in total. The first-order valence-corrected chi connectivity index (χ1v) is 12.7. The van der Waals surface area contributed by atoms with E-state index >= 15 is 0 Å². The van der Waals surface area contributed by atoms with Crippen molar-refractivity contribution in [2.24, 2.45) is 5.92 Å². The quantitative estimate of drug-likeness (QED) is 0.349. The van der Waals surface area contributed by atoms with Crippen LogP contribution in [0.25, 0.3) is 0 Å². The molecular weight excluding hydrogens is 490 g/mol. The molecule has 1 aliphatic rings. The Kier molecular flexibility index (Phi) is 7.88. The van der Waals surface area contributed by atoms with E-state index in [4.69, 9.17) is 0 Å². The number of carbonyl (C=O) groups excluding carboxylic acids is 2. The average molecular weight is 522 g/mol. The van der Waals surface area contributed by atoms with Gasteiger partial charge in [-0.15, -0.1) is 0 Å². The van der Waals surface area contributed by atoms with Gasteiger partial charge in [0.1, 0.15) is 6.54 Å². The van der Waals surface area contributed by atoms with Gasteiger partial charge in [-0.05, 0) is 54.7 Å². The first-order valence-electron chi connectivity index (χ1n) is 11.9. The predicted molar refractivity (Wildman–Crippen MR) is 138 cm³/mol. The molecule has 0 spiro atoms. The molecule has 1 heterocycles. The molecule has 0 saturated heterocycles. The second-order valence-electron chi connectivity index (χ2n) is 9.46. The molecule has 2 aromatic carbocycles. The minimum absolute atomic E-state index is 0.0129. The van der Waals surface area contributed by atoms with E-state index in [0.717, 1.165) is 29.6 Å². The predicted octanol–water partition coefficient (Wildman–Crippen LogP) is 5.59. The van der Waals surface area contributed by atoms with Gasteiger partial charge in [0.25, 0.3) is 5.91 Å². The fraction of sp³-hybridized carbons (Fsp3) is 0.357. The number of hydrogen-bond acceptors (Lipinski definition) is 2. The van der Waals surface area contributed by atoms with Crippen LogP contribution in [0.5, 0.6) is 0 Å². The number of amides is 2. The molecule has 0 aliphatic heterocycles. The molecule has 1 saturated carbocycles. The normalized spacial score (nSPS) is 13.2. The van der Waals surface area contributed by atoms with Gasteiger partial charge < -0.3 is 14.4 Å². The van der Waals surface area contributed by atoms with E-state index in [1.807, 2.05) is 47.4 Å². The van der Waals surface area contributed by atoms with Crippen molar-refractivity contribution in [2.45, 2.75) is 45.8 Å². The maximum Gasteiger partial charge on any atom is 0.254 e. The molecule has 3 aromatic rings. The van der Waals surface area contributed by atoms with Gasteiger partial charge >= 0.3 is 0 Å². The summed E-state index contributed by atoms with van der Waals surface area (Å²) in [6.07, 6.45) is 4.11. The molecule has 0 bridgehead atoms. The van der Waals surface area contributed by atoms with Gasteiger partial charge in [-0.1, -0.05) is 66.2 Å². The van der Waals surface area contributed by atoms with E-state index in [2.05, 4.69) is 58.7 Å². The van der Waals surface area contributed by atoms with E-state index in [0.29, 0.717) is 18.7 Å². The molecule has 4 rings (SSSR count). The van der Waals surface area contributed by atoms with Crippen LogP contribution in [0.2, 0.25) is 0 Å². The molecule has 2 amide bonds. The minimum Gasteiger partial charge on any atom is -0.345 e. The highest BCUT2D eigenvalue weighted by Crippen LogP contribution is 2.29. The van der Waals surface area contributed by atoms with Crippen LogP contribution in [-0.2, 0) is 17.9 Å². The summed E-state index contributed by atoms with van der Waals surface area (Å²) in [5.74, 6) is 0.173. The summed E-state index contributed by atoms with van der Waals surface area (Å²) >= 11 is 3.45. The number of carbonyl (C=O) groups is 2. The lowest BCUT2D eigenvalue weighted by Crippen LogP contribution is -2.45. The Morgan fingerprint density at radius 1 is 1.03 bits per heavy atom. The molecule has 178 valence electrons. The van der Waals surface area contributed by atoms with Crippen molar-refractivity contribution in [3.63, 3.8) is 0 Å². The van der Waals surface area contributed by atoms with Gasteiger partial charge in [-0.25, -0.2) is 0 Å². The molecule has 1 aliphatic carbocycles. The summed E-state index contributed by atoms with van der Waals surface area (Å²) < 4.78 is 3.06. The van der Waals surface area contributed by atoms with E-state index in [1.165, 1.54) is 5.56 Å². The maximum absolute atomic E-state index is 13.5. The van der Waals surface area contributed by atoms with E-state index in [9.17, 15) is 9.59 Å². The average Bonchev–Trinajstić information content (AvgIpc) is 3.56. The third-order valence-corrected chi connectivity index (χ3v) is 6.52. The highest BCUT2D eigenvalue weighted by molar-refractivity contribution is 9.10. The Balaban J connectivity index is 1.49. The SMILES string of the molecule is CC(C)CN(CC(=O)N(Cc1cccn1Cc1ccccc1)C1CC1)C(=O)c1cccc(Br)c1. The lowest BCUT2D eigenvalue weighted by Gasteiger charge is -2.29. The van der Waals surface area contributed by atoms with Crippen LogP contribution in [0.4, 0.5) is 0 Å². The van der Waals surface area contributed by atoms with Crippen LogP contribution in [0.1, 0.15) is 48.3 Å². The summed E-state index contributed by atoms with van der Waals surface area (Å²) in [6.45, 7) is 6.11. The zero-order valence-electron chi connectivity index (χ0n) is 19.9. The van der Waals surface area contributed by atoms with Crippen molar-refractivity contribution in [1.29, 1.82) is 0 Å². The second kappa shape index (κ2) is 11.0. The largest absolute Gasteiger partial charge is 0.345 e. The number of hydrogen-bond donors (Lipinski definition) is 0. The fourth-order valence-corrected chi connectivity index (χ4v) is 4.63. The van der Waals surface area contributed by atoms with E-state index in [1.54, 1.807) is 11.0 Å². The van der Waals surface area contributed by atoms with Crippen LogP contribution < -0.4 is 0 Å². The van der Waals surface area contributed by atoms with Crippen LogP contribution >= 0.6 is 15.9 Å². The second-order valence-corrected chi connectivity index (χ2v) is 10.4. The Hall–Kier alpha value is -2.86. The minimum atomic E-state index is -0.105. The van der Waals surface area contributed by atoms with Gasteiger partial charge in [-0.3, -0.25) is 9.59 Å². The summed E-state index contributed by atoms with van der Waals surface area (Å²) in [5, 5.41) is 0. The Bertz CT molecular complexity index is 1120. The Morgan fingerprint density at radius 3 is 2.47 bits per heavy atom. The summed E-state index contributed by atoms with van der Waals surface area (Å²) in [5.41, 5.74) is 2.93. The maximum atomic E-state index is 13.5. The summed E-state index contributed by atoms with van der Waals surface area (Å²) in [6, 6.07) is 22.1. The monoisotopic (exact) mass is 521 g/mol. The Morgan fingerprint density at radius 2 is 1.79 bits per heavy atom. The van der Waals surface area contributed by atoms with Gasteiger partial charge in [0, 0.05) is 41.1 Å². The van der Waals surface area contributed by atoms with E-state index < -0.39 is 0 Å². The van der Waals surface area contributed by atoms with Gasteiger partial charge in [-0.2, -0.15) is 0 Å². The topological polar surface area (TPSA) is 45.6 Å². The van der Waals surface area contributed by atoms with Gasteiger partial charge in [0.05, 0.1) is 6.54 Å². The van der Waals surface area contributed by atoms with E-state index in [-0.39, 0.29) is 30.3 Å². The number of nitrogens with zero attached hydrogens (tertiary/aromatic N) is 3. The van der Waals surface area contributed by atoms with Crippen molar-refractivity contribution < 1.29 is 9.59 Å². The Labute approximate surface area is 210 Å².